The second-order valence-electron chi connectivity index (χ2n) is 6.70. The van der Waals surface area contributed by atoms with Gasteiger partial charge in [0.05, 0.1) is 23.4 Å². The first-order chi connectivity index (χ1) is 14.3. The molecule has 0 saturated heterocycles. The third-order valence-electron chi connectivity index (χ3n) is 4.74. The maximum Gasteiger partial charge on any atom is 0.264 e. The van der Waals surface area contributed by atoms with Gasteiger partial charge in [-0.3, -0.25) is 9.52 Å². The van der Waals surface area contributed by atoms with Crippen molar-refractivity contribution >= 4 is 38.1 Å². The summed E-state index contributed by atoms with van der Waals surface area (Å²) in [5.41, 5.74) is 2.71. The fourth-order valence-electron chi connectivity index (χ4n) is 3.08. The maximum absolute atomic E-state index is 12.7. The smallest absolute Gasteiger partial charge is 0.264 e. The molecule has 8 nitrogen and oxygen atoms in total. The molecule has 1 N–H and O–H groups in total. The van der Waals surface area contributed by atoms with E-state index in [0.717, 1.165) is 11.1 Å². The van der Waals surface area contributed by atoms with Gasteiger partial charge in [0, 0.05) is 18.0 Å². The summed E-state index contributed by atoms with van der Waals surface area (Å²) in [6.07, 6.45) is 0. The van der Waals surface area contributed by atoms with Crippen molar-refractivity contribution in [3.63, 3.8) is 0 Å². The average molecular weight is 446 g/mol. The van der Waals surface area contributed by atoms with Crippen LogP contribution in [0.4, 0.5) is 10.8 Å². The molecule has 1 aliphatic rings. The molecule has 0 saturated carbocycles. The molecule has 0 atom stereocenters. The third kappa shape index (κ3) is 3.71. The van der Waals surface area contributed by atoms with E-state index < -0.39 is 10.0 Å². The van der Waals surface area contributed by atoms with Crippen LogP contribution in [0, 0.1) is 6.92 Å². The van der Waals surface area contributed by atoms with E-state index >= 15 is 0 Å². The van der Waals surface area contributed by atoms with Crippen LogP contribution in [-0.4, -0.2) is 40.1 Å². The number of sulfonamides is 1. The van der Waals surface area contributed by atoms with Gasteiger partial charge < -0.3 is 14.4 Å². The second kappa shape index (κ2) is 7.62. The lowest BCUT2D eigenvalue weighted by atomic mass is 10.1. The Labute approximate surface area is 178 Å². The van der Waals surface area contributed by atoms with Gasteiger partial charge in [-0.2, -0.15) is 0 Å². The Morgan fingerprint density at radius 3 is 2.77 bits per heavy atom. The van der Waals surface area contributed by atoms with Crippen molar-refractivity contribution in [1.82, 2.24) is 4.98 Å². The highest BCUT2D eigenvalue weighted by molar-refractivity contribution is 7.93. The van der Waals surface area contributed by atoms with Crippen molar-refractivity contribution in [3.8, 4) is 22.8 Å². The van der Waals surface area contributed by atoms with E-state index in [-0.39, 0.29) is 22.5 Å². The first-order valence-electron chi connectivity index (χ1n) is 8.95. The Morgan fingerprint density at radius 1 is 1.23 bits per heavy atom. The summed E-state index contributed by atoms with van der Waals surface area (Å²) >= 11 is 1.18. The Balaban J connectivity index is 1.59. The highest BCUT2D eigenvalue weighted by Gasteiger charge is 2.23. The molecule has 2 heterocycles. The quantitative estimate of drug-likeness (QED) is 0.647. The van der Waals surface area contributed by atoms with E-state index in [9.17, 15) is 13.2 Å². The lowest BCUT2D eigenvalue weighted by Crippen LogP contribution is -2.35. The molecule has 3 aromatic rings. The van der Waals surface area contributed by atoms with Crippen LogP contribution in [0.3, 0.4) is 0 Å². The molecule has 0 bridgehead atoms. The van der Waals surface area contributed by atoms with E-state index in [0.29, 0.717) is 22.9 Å². The zero-order chi connectivity index (χ0) is 21.5. The van der Waals surface area contributed by atoms with Crippen LogP contribution in [0.2, 0.25) is 0 Å². The van der Waals surface area contributed by atoms with Crippen molar-refractivity contribution in [2.45, 2.75) is 11.8 Å². The predicted molar refractivity (Wildman–Crippen MR) is 115 cm³/mol. The first kappa shape index (κ1) is 20.2. The molecule has 1 aliphatic heterocycles. The largest absolute Gasteiger partial charge is 0.496 e. The number of hydrogen-bond acceptors (Lipinski definition) is 7. The zero-order valence-electron chi connectivity index (χ0n) is 16.5. The van der Waals surface area contributed by atoms with Crippen LogP contribution in [0.25, 0.3) is 11.3 Å². The fraction of sp³-hybridized carbons (Fsp3) is 0.200. The summed E-state index contributed by atoms with van der Waals surface area (Å²) < 4.78 is 38.6. The first-order valence-corrected chi connectivity index (χ1v) is 11.3. The number of anilines is 2. The van der Waals surface area contributed by atoms with Gasteiger partial charge in [0.1, 0.15) is 11.5 Å². The summed E-state index contributed by atoms with van der Waals surface area (Å²) in [6, 6.07) is 10.0. The van der Waals surface area contributed by atoms with Gasteiger partial charge in [-0.05, 0) is 48.9 Å². The Hall–Kier alpha value is -3.11. The van der Waals surface area contributed by atoms with E-state index in [1.807, 2.05) is 6.07 Å². The number of carbonyl (C=O) groups is 1. The highest BCUT2D eigenvalue weighted by atomic mass is 32.2. The molecular formula is C20H19N3O5S2. The van der Waals surface area contributed by atoms with Crippen molar-refractivity contribution in [2.75, 3.05) is 30.4 Å². The summed E-state index contributed by atoms with van der Waals surface area (Å²) in [5, 5.41) is 2.00. The maximum atomic E-state index is 12.7. The standard InChI is InChI=1S/C20H19N3O5S2/c1-12-8-14(5-7-17(12)27-3)30(25,26)22-20-21-15(11-29-20)13-4-6-18-16(9-13)23(2)19(24)10-28-18/h4-9,11H,10H2,1-3H3,(H,21,22). The average Bonchev–Trinajstić information content (AvgIpc) is 3.18. The Bertz CT molecular complexity index is 1240. The van der Waals surface area contributed by atoms with Crippen LogP contribution in [0.15, 0.2) is 46.7 Å². The molecule has 156 valence electrons. The Morgan fingerprint density at radius 2 is 2.03 bits per heavy atom. The number of thiazole rings is 1. The van der Waals surface area contributed by atoms with Crippen molar-refractivity contribution < 1.29 is 22.7 Å². The van der Waals surface area contributed by atoms with Gasteiger partial charge in [-0.25, -0.2) is 13.4 Å². The van der Waals surface area contributed by atoms with Gasteiger partial charge in [0.2, 0.25) is 0 Å². The molecule has 1 amide bonds. The van der Waals surface area contributed by atoms with Gasteiger partial charge in [0.15, 0.2) is 11.7 Å². The van der Waals surface area contributed by atoms with Gasteiger partial charge in [0.25, 0.3) is 15.9 Å². The number of carbonyl (C=O) groups excluding carboxylic acids is 1. The second-order valence-corrected chi connectivity index (χ2v) is 9.24. The molecule has 4 rings (SSSR count). The molecule has 10 heteroatoms. The van der Waals surface area contributed by atoms with Crippen LogP contribution in [-0.2, 0) is 14.8 Å². The lowest BCUT2D eigenvalue weighted by Gasteiger charge is -2.26. The minimum Gasteiger partial charge on any atom is -0.496 e. The number of likely N-dealkylation sites (N-methyl/N-ethyl adjacent to an activating group) is 1. The number of nitrogens with zero attached hydrogens (tertiary/aromatic N) is 2. The number of nitrogens with one attached hydrogen (secondary N) is 1. The molecule has 0 fully saturated rings. The van der Waals surface area contributed by atoms with Crippen LogP contribution in [0.1, 0.15) is 5.56 Å². The minimum atomic E-state index is -3.79. The van der Waals surface area contributed by atoms with Crippen molar-refractivity contribution in [3.05, 3.63) is 47.3 Å². The van der Waals surface area contributed by atoms with E-state index in [1.165, 1.54) is 29.4 Å². The molecule has 2 aromatic carbocycles. The van der Waals surface area contributed by atoms with E-state index in [2.05, 4.69) is 9.71 Å². The predicted octanol–water partition coefficient (Wildman–Crippen LogP) is 3.28. The highest BCUT2D eigenvalue weighted by Crippen LogP contribution is 2.36. The molecule has 30 heavy (non-hydrogen) atoms. The SMILES string of the molecule is COc1ccc(S(=O)(=O)Nc2nc(-c3ccc4c(c3)N(C)C(=O)CO4)cs2)cc1C. The molecule has 0 spiro atoms. The number of aromatic nitrogens is 1. The normalized spacial score (nSPS) is 13.6. The minimum absolute atomic E-state index is 0.0102. The van der Waals surface area contributed by atoms with E-state index in [1.54, 1.807) is 43.6 Å². The number of aryl methyl sites for hydroxylation is 1. The van der Waals surface area contributed by atoms with Crippen molar-refractivity contribution in [2.24, 2.45) is 0 Å². The van der Waals surface area contributed by atoms with Gasteiger partial charge >= 0.3 is 0 Å². The van der Waals surface area contributed by atoms with Crippen LogP contribution in [0.5, 0.6) is 11.5 Å². The number of amides is 1. The topological polar surface area (TPSA) is 97.8 Å². The zero-order valence-corrected chi connectivity index (χ0v) is 18.1. The molecule has 1 aromatic heterocycles. The van der Waals surface area contributed by atoms with Crippen molar-refractivity contribution in [1.29, 1.82) is 0 Å². The third-order valence-corrected chi connectivity index (χ3v) is 6.97. The number of fused-ring (bicyclic) bond motifs is 1. The molecule has 0 unspecified atom stereocenters. The number of hydrogen-bond donors (Lipinski definition) is 1. The monoisotopic (exact) mass is 445 g/mol. The van der Waals surface area contributed by atoms with Gasteiger partial charge in [-0.15, -0.1) is 11.3 Å². The van der Waals surface area contributed by atoms with Crippen LogP contribution < -0.4 is 19.1 Å². The summed E-state index contributed by atoms with van der Waals surface area (Å²) in [7, 11) is -0.571. The van der Waals surface area contributed by atoms with Crippen LogP contribution >= 0.6 is 11.3 Å². The van der Waals surface area contributed by atoms with E-state index in [4.69, 9.17) is 9.47 Å². The number of methoxy groups -OCH3 is 1. The molecule has 0 aliphatic carbocycles. The number of rotatable bonds is 5. The summed E-state index contributed by atoms with van der Waals surface area (Å²) in [4.78, 5) is 17.9. The summed E-state index contributed by atoms with van der Waals surface area (Å²) in [6.45, 7) is 1.79. The number of benzene rings is 2. The fourth-order valence-corrected chi connectivity index (χ4v) is 5.13. The lowest BCUT2D eigenvalue weighted by molar-refractivity contribution is -0.120. The molecule has 0 radical (unpaired) electrons. The number of ether oxygens (including phenoxy) is 2. The molecular weight excluding hydrogens is 426 g/mol. The summed E-state index contributed by atoms with van der Waals surface area (Å²) in [5.74, 6) is 1.10. The van der Waals surface area contributed by atoms with Gasteiger partial charge in [-0.1, -0.05) is 0 Å². The Kier molecular flexibility index (Phi) is 5.12.